The van der Waals surface area contributed by atoms with Crippen LogP contribution in [0.5, 0.6) is 0 Å². The first-order chi connectivity index (χ1) is 11.6. The number of halogens is 1. The highest BCUT2D eigenvalue weighted by atomic mass is 79.9. The van der Waals surface area contributed by atoms with Crippen molar-refractivity contribution in [3.8, 4) is 0 Å². The van der Waals surface area contributed by atoms with Crippen LogP contribution < -0.4 is 10.6 Å². The molecule has 24 heavy (non-hydrogen) atoms. The Kier molecular flexibility index (Phi) is 4.91. The van der Waals surface area contributed by atoms with Crippen molar-refractivity contribution < 1.29 is 4.79 Å². The molecule has 3 aromatic rings. The second-order valence-corrected chi connectivity index (χ2v) is 6.23. The van der Waals surface area contributed by atoms with Gasteiger partial charge in [0, 0.05) is 22.0 Å². The molecule has 2 aromatic carbocycles. The molecule has 4 nitrogen and oxygen atoms in total. The van der Waals surface area contributed by atoms with Gasteiger partial charge in [-0.15, -0.1) is 0 Å². The Hall–Kier alpha value is -2.66. The van der Waals surface area contributed by atoms with Crippen LogP contribution in [-0.4, -0.2) is 10.9 Å². The lowest BCUT2D eigenvalue weighted by atomic mass is 10.2. The number of aryl methyl sites for hydroxylation is 1. The molecule has 1 heterocycles. The molecule has 0 bridgehead atoms. The van der Waals surface area contributed by atoms with Crippen molar-refractivity contribution in [2.45, 2.75) is 6.92 Å². The van der Waals surface area contributed by atoms with E-state index in [1.54, 1.807) is 18.5 Å². The normalized spacial score (nSPS) is 10.2. The fourth-order valence-corrected chi connectivity index (χ4v) is 2.57. The quantitative estimate of drug-likeness (QED) is 0.656. The summed E-state index contributed by atoms with van der Waals surface area (Å²) in [6.07, 6.45) is 3.24. The number of benzene rings is 2. The van der Waals surface area contributed by atoms with E-state index in [1.807, 2.05) is 55.5 Å². The van der Waals surface area contributed by atoms with Crippen LogP contribution in [0.4, 0.5) is 17.1 Å². The molecule has 0 atom stereocenters. The lowest BCUT2D eigenvalue weighted by Gasteiger charge is -2.09. The predicted molar refractivity (Wildman–Crippen MR) is 101 cm³/mol. The molecule has 0 unspecified atom stereocenters. The lowest BCUT2D eigenvalue weighted by molar-refractivity contribution is 0.102. The summed E-state index contributed by atoms with van der Waals surface area (Å²) in [6.45, 7) is 2.00. The number of anilines is 3. The van der Waals surface area contributed by atoms with Gasteiger partial charge in [0.05, 0.1) is 17.4 Å². The van der Waals surface area contributed by atoms with Crippen molar-refractivity contribution >= 4 is 38.9 Å². The SMILES string of the molecule is Cc1ccc(NC(=O)c2cncc(Nc3ccccc3)c2)cc1Br. The van der Waals surface area contributed by atoms with Crippen LogP contribution >= 0.6 is 15.9 Å². The summed E-state index contributed by atoms with van der Waals surface area (Å²) in [5.74, 6) is -0.199. The third-order valence-corrected chi connectivity index (χ3v) is 4.35. The van der Waals surface area contributed by atoms with E-state index in [4.69, 9.17) is 0 Å². The van der Waals surface area contributed by atoms with Crippen LogP contribution in [0, 0.1) is 6.92 Å². The van der Waals surface area contributed by atoms with E-state index in [9.17, 15) is 4.79 Å². The van der Waals surface area contributed by atoms with Crippen molar-refractivity contribution in [3.63, 3.8) is 0 Å². The third kappa shape index (κ3) is 4.00. The molecule has 0 saturated carbocycles. The number of carbonyl (C=O) groups excluding carboxylic acids is 1. The van der Waals surface area contributed by atoms with E-state index in [0.717, 1.165) is 27.1 Å². The zero-order valence-electron chi connectivity index (χ0n) is 13.1. The van der Waals surface area contributed by atoms with Crippen molar-refractivity contribution in [2.24, 2.45) is 0 Å². The maximum absolute atomic E-state index is 12.4. The van der Waals surface area contributed by atoms with Gasteiger partial charge in [0.25, 0.3) is 5.91 Å². The van der Waals surface area contributed by atoms with Gasteiger partial charge in [0.1, 0.15) is 0 Å². The Morgan fingerprint density at radius 2 is 1.75 bits per heavy atom. The minimum atomic E-state index is -0.199. The second-order valence-electron chi connectivity index (χ2n) is 5.37. The first kappa shape index (κ1) is 16.2. The number of rotatable bonds is 4. The molecule has 5 heteroatoms. The van der Waals surface area contributed by atoms with Crippen LogP contribution in [0.25, 0.3) is 0 Å². The molecule has 1 aromatic heterocycles. The summed E-state index contributed by atoms with van der Waals surface area (Å²) < 4.78 is 0.956. The smallest absolute Gasteiger partial charge is 0.257 e. The molecule has 0 saturated heterocycles. The molecular weight excluding hydrogens is 366 g/mol. The largest absolute Gasteiger partial charge is 0.354 e. The molecule has 2 N–H and O–H groups in total. The summed E-state index contributed by atoms with van der Waals surface area (Å²) in [4.78, 5) is 16.6. The van der Waals surface area contributed by atoms with E-state index in [1.165, 1.54) is 0 Å². The molecule has 0 aliphatic carbocycles. The highest BCUT2D eigenvalue weighted by molar-refractivity contribution is 9.10. The van der Waals surface area contributed by atoms with Gasteiger partial charge in [-0.1, -0.05) is 40.2 Å². The topological polar surface area (TPSA) is 54.0 Å². The van der Waals surface area contributed by atoms with Crippen LogP contribution in [0.15, 0.2) is 71.5 Å². The van der Waals surface area contributed by atoms with Gasteiger partial charge in [0.15, 0.2) is 0 Å². The molecule has 1 amide bonds. The van der Waals surface area contributed by atoms with Crippen LogP contribution in [0.1, 0.15) is 15.9 Å². The van der Waals surface area contributed by atoms with Crippen molar-refractivity contribution in [1.82, 2.24) is 4.98 Å². The van der Waals surface area contributed by atoms with E-state index in [-0.39, 0.29) is 5.91 Å². The van der Waals surface area contributed by atoms with Crippen LogP contribution in [-0.2, 0) is 0 Å². The summed E-state index contributed by atoms with van der Waals surface area (Å²) in [6, 6.07) is 17.2. The number of pyridine rings is 1. The zero-order chi connectivity index (χ0) is 16.9. The van der Waals surface area contributed by atoms with E-state index in [0.29, 0.717) is 5.56 Å². The molecule has 0 fully saturated rings. The average Bonchev–Trinajstić information content (AvgIpc) is 2.59. The summed E-state index contributed by atoms with van der Waals surface area (Å²) >= 11 is 3.47. The fraction of sp³-hybridized carbons (Fsp3) is 0.0526. The number of amides is 1. The van der Waals surface area contributed by atoms with Crippen LogP contribution in [0.3, 0.4) is 0 Å². The number of carbonyl (C=O) groups is 1. The van der Waals surface area contributed by atoms with Gasteiger partial charge in [-0.2, -0.15) is 0 Å². The standard InChI is InChI=1S/C19H16BrN3O/c1-13-7-8-16(10-18(13)20)23-19(24)14-9-17(12-21-11-14)22-15-5-3-2-4-6-15/h2-12,22H,1H3,(H,23,24). The van der Waals surface area contributed by atoms with Crippen molar-refractivity contribution in [2.75, 3.05) is 10.6 Å². The summed E-state index contributed by atoms with van der Waals surface area (Å²) in [5, 5.41) is 6.11. The molecule has 0 aliphatic heterocycles. The van der Waals surface area contributed by atoms with E-state index in [2.05, 4.69) is 31.5 Å². The van der Waals surface area contributed by atoms with Crippen molar-refractivity contribution in [1.29, 1.82) is 0 Å². The minimum absolute atomic E-state index is 0.199. The number of hydrogen-bond acceptors (Lipinski definition) is 3. The number of hydrogen-bond donors (Lipinski definition) is 2. The van der Waals surface area contributed by atoms with Gasteiger partial charge in [-0.3, -0.25) is 9.78 Å². The Balaban J connectivity index is 1.75. The molecule has 0 spiro atoms. The Labute approximate surface area is 149 Å². The fourth-order valence-electron chi connectivity index (χ4n) is 2.19. The highest BCUT2D eigenvalue weighted by Crippen LogP contribution is 2.22. The maximum Gasteiger partial charge on any atom is 0.257 e. The first-order valence-corrected chi connectivity index (χ1v) is 8.26. The monoisotopic (exact) mass is 381 g/mol. The Bertz CT molecular complexity index is 865. The minimum Gasteiger partial charge on any atom is -0.354 e. The predicted octanol–water partition coefficient (Wildman–Crippen LogP) is 5.15. The van der Waals surface area contributed by atoms with Crippen molar-refractivity contribution in [3.05, 3.63) is 82.6 Å². The van der Waals surface area contributed by atoms with Gasteiger partial charge in [-0.05, 0) is 42.8 Å². The Morgan fingerprint density at radius 1 is 0.958 bits per heavy atom. The van der Waals surface area contributed by atoms with Gasteiger partial charge in [0.2, 0.25) is 0 Å². The van der Waals surface area contributed by atoms with Gasteiger partial charge in [-0.25, -0.2) is 0 Å². The maximum atomic E-state index is 12.4. The summed E-state index contributed by atoms with van der Waals surface area (Å²) in [5.41, 5.74) is 4.05. The van der Waals surface area contributed by atoms with E-state index < -0.39 is 0 Å². The molecule has 120 valence electrons. The number of aromatic nitrogens is 1. The molecular formula is C19H16BrN3O. The number of para-hydroxylation sites is 1. The number of nitrogens with one attached hydrogen (secondary N) is 2. The van der Waals surface area contributed by atoms with Crippen LogP contribution in [0.2, 0.25) is 0 Å². The number of nitrogens with zero attached hydrogens (tertiary/aromatic N) is 1. The molecule has 3 rings (SSSR count). The summed E-state index contributed by atoms with van der Waals surface area (Å²) in [7, 11) is 0. The molecule has 0 radical (unpaired) electrons. The average molecular weight is 382 g/mol. The second kappa shape index (κ2) is 7.27. The Morgan fingerprint density at radius 3 is 2.50 bits per heavy atom. The third-order valence-electron chi connectivity index (χ3n) is 3.49. The highest BCUT2D eigenvalue weighted by Gasteiger charge is 2.08. The lowest BCUT2D eigenvalue weighted by Crippen LogP contribution is -2.12. The van der Waals surface area contributed by atoms with Gasteiger partial charge < -0.3 is 10.6 Å². The van der Waals surface area contributed by atoms with Gasteiger partial charge >= 0.3 is 0 Å². The zero-order valence-corrected chi connectivity index (χ0v) is 14.7. The molecule has 0 aliphatic rings. The first-order valence-electron chi connectivity index (χ1n) is 7.46. The van der Waals surface area contributed by atoms with E-state index >= 15 is 0 Å².